The average molecular weight is 243 g/mol. The van der Waals surface area contributed by atoms with Gasteiger partial charge in [0.15, 0.2) is 0 Å². The molecule has 1 atom stereocenters. The predicted molar refractivity (Wildman–Crippen MR) is 55.5 cm³/mol. The van der Waals surface area contributed by atoms with Crippen LogP contribution in [-0.2, 0) is 11.0 Å². The van der Waals surface area contributed by atoms with Crippen molar-refractivity contribution in [1.82, 2.24) is 4.98 Å². The van der Waals surface area contributed by atoms with Gasteiger partial charge >= 0.3 is 6.18 Å². The Balaban J connectivity index is 2.20. The van der Waals surface area contributed by atoms with Gasteiger partial charge in [-0.1, -0.05) is 12.5 Å². The Kier molecular flexibility index (Phi) is 3.17. The van der Waals surface area contributed by atoms with Crippen LogP contribution in [0.1, 0.15) is 42.9 Å². The van der Waals surface area contributed by atoms with Crippen molar-refractivity contribution in [2.24, 2.45) is 0 Å². The lowest BCUT2D eigenvalue weighted by Crippen LogP contribution is -2.17. The fraction of sp³-hybridized carbons (Fsp3) is 0.500. The monoisotopic (exact) mass is 243 g/mol. The fourth-order valence-electron chi connectivity index (χ4n) is 2.11. The van der Waals surface area contributed by atoms with Crippen molar-refractivity contribution in [1.29, 1.82) is 0 Å². The molecule has 0 aromatic carbocycles. The summed E-state index contributed by atoms with van der Waals surface area (Å²) in [5, 5.41) is 0. The molecule has 1 aliphatic rings. The van der Waals surface area contributed by atoms with Gasteiger partial charge in [-0.05, 0) is 24.5 Å². The highest BCUT2D eigenvalue weighted by molar-refractivity contribution is 5.86. The van der Waals surface area contributed by atoms with E-state index < -0.39 is 11.9 Å². The molecule has 0 bridgehead atoms. The molecule has 0 spiro atoms. The molecule has 1 heterocycles. The summed E-state index contributed by atoms with van der Waals surface area (Å²) in [4.78, 5) is 15.0. The number of pyridine rings is 1. The molecular weight excluding hydrogens is 231 g/mol. The summed E-state index contributed by atoms with van der Waals surface area (Å²) in [6.45, 7) is 0. The molecule has 1 aliphatic carbocycles. The Morgan fingerprint density at radius 1 is 1.24 bits per heavy atom. The van der Waals surface area contributed by atoms with Crippen LogP contribution in [-0.4, -0.2) is 10.8 Å². The molecule has 92 valence electrons. The van der Waals surface area contributed by atoms with Gasteiger partial charge in [-0.15, -0.1) is 0 Å². The lowest BCUT2D eigenvalue weighted by Gasteiger charge is -2.20. The summed E-state index contributed by atoms with van der Waals surface area (Å²) < 4.78 is 36.9. The largest absolute Gasteiger partial charge is 0.433 e. The maximum Gasteiger partial charge on any atom is 0.433 e. The number of alkyl halides is 3. The Bertz CT molecular complexity index is 411. The summed E-state index contributed by atoms with van der Waals surface area (Å²) in [7, 11) is 0. The lowest BCUT2D eigenvalue weighted by molar-refractivity contribution is -0.141. The Morgan fingerprint density at radius 2 is 2.00 bits per heavy atom. The lowest BCUT2D eigenvalue weighted by atomic mass is 9.83. The van der Waals surface area contributed by atoms with Gasteiger partial charge in [-0.3, -0.25) is 9.78 Å². The maximum atomic E-state index is 12.3. The van der Waals surface area contributed by atoms with Gasteiger partial charge in [0, 0.05) is 18.5 Å². The molecule has 0 N–H and O–H groups in total. The summed E-state index contributed by atoms with van der Waals surface area (Å²) >= 11 is 0. The van der Waals surface area contributed by atoms with Crippen LogP contribution in [0.3, 0.4) is 0 Å². The van der Waals surface area contributed by atoms with Gasteiger partial charge in [-0.2, -0.15) is 13.2 Å². The second kappa shape index (κ2) is 4.47. The molecule has 2 nitrogen and oxygen atoms in total. The molecule has 17 heavy (non-hydrogen) atoms. The van der Waals surface area contributed by atoms with E-state index in [0.717, 1.165) is 18.9 Å². The van der Waals surface area contributed by atoms with E-state index in [9.17, 15) is 18.0 Å². The molecule has 0 amide bonds. The van der Waals surface area contributed by atoms with E-state index in [1.54, 1.807) is 0 Å². The number of nitrogens with zero attached hydrogens (tertiary/aromatic N) is 1. The van der Waals surface area contributed by atoms with E-state index in [0.29, 0.717) is 18.4 Å². The van der Waals surface area contributed by atoms with Crippen LogP contribution in [0.25, 0.3) is 0 Å². The number of carbonyl (C=O) groups excluding carboxylic acids is 1. The highest BCUT2D eigenvalue weighted by Crippen LogP contribution is 2.32. The highest BCUT2D eigenvalue weighted by atomic mass is 19.4. The number of ketones is 1. The molecule has 5 heteroatoms. The summed E-state index contributed by atoms with van der Waals surface area (Å²) in [5.41, 5.74) is -0.313. The zero-order valence-electron chi connectivity index (χ0n) is 9.13. The van der Waals surface area contributed by atoms with Gasteiger partial charge in [0.1, 0.15) is 11.5 Å². The van der Waals surface area contributed by atoms with Crippen molar-refractivity contribution in [2.75, 3.05) is 0 Å². The third-order valence-corrected chi connectivity index (χ3v) is 3.03. The molecule has 2 rings (SSSR count). The fourth-order valence-corrected chi connectivity index (χ4v) is 2.11. The Morgan fingerprint density at radius 3 is 2.53 bits per heavy atom. The van der Waals surface area contributed by atoms with Crippen molar-refractivity contribution in [3.05, 3.63) is 29.6 Å². The number of hydrogen-bond donors (Lipinski definition) is 0. The predicted octanol–water partition coefficient (Wildman–Crippen LogP) is 3.33. The number of aromatic nitrogens is 1. The topological polar surface area (TPSA) is 30.0 Å². The van der Waals surface area contributed by atoms with Gasteiger partial charge in [-0.25, -0.2) is 0 Å². The van der Waals surface area contributed by atoms with Crippen molar-refractivity contribution in [2.45, 2.75) is 37.8 Å². The minimum Gasteiger partial charge on any atom is -0.299 e. The van der Waals surface area contributed by atoms with Crippen LogP contribution in [0.4, 0.5) is 13.2 Å². The van der Waals surface area contributed by atoms with Gasteiger partial charge in [0.05, 0.1) is 0 Å². The third kappa shape index (κ3) is 2.65. The summed E-state index contributed by atoms with van der Waals surface area (Å²) in [6, 6.07) is 2.31. The molecule has 0 aliphatic heterocycles. The smallest absolute Gasteiger partial charge is 0.299 e. The molecule has 1 aromatic heterocycles. The van der Waals surface area contributed by atoms with Crippen molar-refractivity contribution < 1.29 is 18.0 Å². The van der Waals surface area contributed by atoms with Crippen molar-refractivity contribution in [3.63, 3.8) is 0 Å². The molecule has 1 aromatic rings. The van der Waals surface area contributed by atoms with E-state index in [4.69, 9.17) is 0 Å². The van der Waals surface area contributed by atoms with Gasteiger partial charge in [0.2, 0.25) is 0 Å². The van der Waals surface area contributed by atoms with Crippen LogP contribution in [0.15, 0.2) is 18.3 Å². The van der Waals surface area contributed by atoms with E-state index in [1.807, 2.05) is 0 Å². The normalized spacial score (nSPS) is 21.6. The molecule has 1 fully saturated rings. The van der Waals surface area contributed by atoms with Gasteiger partial charge in [0.25, 0.3) is 0 Å². The standard InChI is InChI=1S/C12H12F3NO/c13-12(14,15)11-6-5-8(7-16-11)9-3-1-2-4-10(9)17/h5-7,9H,1-4H2/t9-/m1/s1. The minimum absolute atomic E-state index is 0.109. The van der Waals surface area contributed by atoms with Crippen LogP contribution in [0.5, 0.6) is 0 Å². The zero-order valence-corrected chi connectivity index (χ0v) is 9.13. The van der Waals surface area contributed by atoms with Crippen LogP contribution >= 0.6 is 0 Å². The molecular formula is C12H12F3NO. The first-order valence-corrected chi connectivity index (χ1v) is 5.54. The SMILES string of the molecule is O=C1CCCC[C@@H]1c1ccc(C(F)(F)F)nc1. The number of hydrogen-bond acceptors (Lipinski definition) is 2. The first kappa shape index (κ1) is 12.1. The van der Waals surface area contributed by atoms with Crippen LogP contribution < -0.4 is 0 Å². The third-order valence-electron chi connectivity index (χ3n) is 3.03. The van der Waals surface area contributed by atoms with E-state index in [2.05, 4.69) is 4.98 Å². The molecule has 1 saturated carbocycles. The second-order valence-corrected chi connectivity index (χ2v) is 4.24. The first-order chi connectivity index (χ1) is 7.98. The number of halogens is 3. The van der Waals surface area contributed by atoms with Crippen molar-refractivity contribution in [3.8, 4) is 0 Å². The maximum absolute atomic E-state index is 12.3. The Labute approximate surface area is 96.9 Å². The molecule has 0 saturated heterocycles. The minimum atomic E-state index is -4.42. The number of rotatable bonds is 1. The molecule has 0 radical (unpaired) electrons. The number of Topliss-reactive ketones (excluding diaryl/α,β-unsaturated/α-hetero) is 1. The van der Waals surface area contributed by atoms with E-state index in [1.165, 1.54) is 12.3 Å². The summed E-state index contributed by atoms with van der Waals surface area (Å²) in [6.07, 6.45) is -0.190. The summed E-state index contributed by atoms with van der Waals surface area (Å²) in [5.74, 6) is -0.156. The quantitative estimate of drug-likeness (QED) is 0.757. The average Bonchev–Trinajstić information content (AvgIpc) is 2.29. The van der Waals surface area contributed by atoms with E-state index in [-0.39, 0.29) is 11.7 Å². The van der Waals surface area contributed by atoms with Crippen LogP contribution in [0, 0.1) is 0 Å². The second-order valence-electron chi connectivity index (χ2n) is 4.24. The zero-order chi connectivity index (χ0) is 12.5. The molecule has 0 unspecified atom stereocenters. The van der Waals surface area contributed by atoms with Crippen molar-refractivity contribution >= 4 is 5.78 Å². The number of carbonyl (C=O) groups is 1. The van der Waals surface area contributed by atoms with E-state index >= 15 is 0 Å². The Hall–Kier alpha value is -1.39. The van der Waals surface area contributed by atoms with Gasteiger partial charge < -0.3 is 0 Å². The highest BCUT2D eigenvalue weighted by Gasteiger charge is 2.32. The first-order valence-electron chi connectivity index (χ1n) is 5.54. The van der Waals surface area contributed by atoms with Crippen LogP contribution in [0.2, 0.25) is 0 Å².